The lowest BCUT2D eigenvalue weighted by Gasteiger charge is -2.41. The van der Waals surface area contributed by atoms with E-state index >= 15 is 0 Å². The molecule has 1 unspecified atom stereocenters. The topological polar surface area (TPSA) is 33.1 Å². The summed E-state index contributed by atoms with van der Waals surface area (Å²) >= 11 is 0. The van der Waals surface area contributed by atoms with Gasteiger partial charge in [0.15, 0.2) is 0 Å². The van der Waals surface area contributed by atoms with Gasteiger partial charge >= 0.3 is 0 Å². The Kier molecular flexibility index (Phi) is 8.44. The zero-order chi connectivity index (χ0) is 18.2. The smallest absolute Gasteiger partial charge is 0.0543 e. The Morgan fingerprint density at radius 1 is 1.08 bits per heavy atom. The van der Waals surface area contributed by atoms with Gasteiger partial charge in [0.05, 0.1) is 12.2 Å². The molecule has 1 saturated carbocycles. The minimum atomic E-state index is 0.614. The summed E-state index contributed by atoms with van der Waals surface area (Å²) in [5.41, 5.74) is 1.28. The van der Waals surface area contributed by atoms with Crippen molar-refractivity contribution in [2.75, 3.05) is 13.1 Å². The van der Waals surface area contributed by atoms with Gasteiger partial charge in [-0.2, -0.15) is 5.10 Å². The Hall–Kier alpha value is -0.870. The van der Waals surface area contributed by atoms with Gasteiger partial charge in [-0.05, 0) is 64.4 Å². The average Bonchev–Trinajstić information content (AvgIpc) is 3.10. The van der Waals surface area contributed by atoms with Crippen LogP contribution < -0.4 is 5.32 Å². The van der Waals surface area contributed by atoms with E-state index in [1.165, 1.54) is 63.6 Å². The predicted molar refractivity (Wildman–Crippen MR) is 107 cm³/mol. The normalized spacial score (nSPS) is 26.8. The number of hydrogen-bond acceptors (Lipinski definition) is 3. The third-order valence-electron chi connectivity index (χ3n) is 5.95. The molecule has 25 heavy (non-hydrogen) atoms. The lowest BCUT2D eigenvalue weighted by molar-refractivity contribution is 0.0973. The highest BCUT2D eigenvalue weighted by Crippen LogP contribution is 2.29. The second-order valence-corrected chi connectivity index (χ2v) is 7.75. The van der Waals surface area contributed by atoms with Crippen LogP contribution in [0, 0.1) is 6.92 Å². The van der Waals surface area contributed by atoms with E-state index in [1.807, 2.05) is 20.0 Å². The maximum Gasteiger partial charge on any atom is 0.0543 e. The quantitative estimate of drug-likeness (QED) is 0.847. The van der Waals surface area contributed by atoms with Gasteiger partial charge < -0.3 is 10.2 Å². The van der Waals surface area contributed by atoms with Crippen molar-refractivity contribution in [2.45, 2.75) is 104 Å². The number of aryl methyl sites for hydroxylation is 1. The summed E-state index contributed by atoms with van der Waals surface area (Å²) in [4.78, 5) is 2.76. The molecule has 1 aliphatic carbocycles. The molecular weight excluding hydrogens is 308 g/mol. The average molecular weight is 349 g/mol. The molecule has 1 aliphatic heterocycles. The molecule has 144 valence electrons. The van der Waals surface area contributed by atoms with Gasteiger partial charge in [-0.25, -0.2) is 0 Å². The van der Waals surface area contributed by atoms with Crippen molar-refractivity contribution in [3.63, 3.8) is 0 Å². The summed E-state index contributed by atoms with van der Waals surface area (Å²) in [6.45, 7) is 13.2. The molecule has 3 rings (SSSR count). The first-order chi connectivity index (χ1) is 12.2. The third kappa shape index (κ3) is 5.82. The number of likely N-dealkylation sites (tertiary alicyclic amines) is 1. The monoisotopic (exact) mass is 348 g/mol. The second-order valence-electron chi connectivity index (χ2n) is 7.75. The van der Waals surface area contributed by atoms with Gasteiger partial charge in [0.2, 0.25) is 0 Å². The van der Waals surface area contributed by atoms with Gasteiger partial charge in [-0.15, -0.1) is 0 Å². The van der Waals surface area contributed by atoms with Crippen molar-refractivity contribution in [1.29, 1.82) is 0 Å². The first kappa shape index (κ1) is 20.4. The molecule has 1 aromatic rings. The van der Waals surface area contributed by atoms with Crippen LogP contribution in [0.2, 0.25) is 0 Å². The van der Waals surface area contributed by atoms with Crippen molar-refractivity contribution >= 4 is 0 Å². The van der Waals surface area contributed by atoms with Crippen LogP contribution in [0.15, 0.2) is 12.4 Å². The van der Waals surface area contributed by atoms with Crippen LogP contribution in [0.4, 0.5) is 0 Å². The van der Waals surface area contributed by atoms with E-state index in [4.69, 9.17) is 0 Å². The van der Waals surface area contributed by atoms with Crippen molar-refractivity contribution in [1.82, 2.24) is 20.0 Å². The fourth-order valence-electron chi connectivity index (χ4n) is 4.28. The molecule has 0 amide bonds. The Morgan fingerprint density at radius 2 is 1.72 bits per heavy atom. The van der Waals surface area contributed by atoms with Crippen molar-refractivity contribution in [3.8, 4) is 0 Å². The first-order valence-electron chi connectivity index (χ1n) is 10.7. The molecule has 2 aliphatic rings. The molecule has 0 aromatic carbocycles. The van der Waals surface area contributed by atoms with Gasteiger partial charge in [-0.1, -0.05) is 20.8 Å². The zero-order valence-corrected chi connectivity index (χ0v) is 17.2. The molecule has 1 atom stereocenters. The number of nitrogens with one attached hydrogen (secondary N) is 1. The number of nitrogens with zero attached hydrogens (tertiary/aromatic N) is 3. The summed E-state index contributed by atoms with van der Waals surface area (Å²) in [5, 5.41) is 8.31. The van der Waals surface area contributed by atoms with Crippen LogP contribution in [-0.2, 0) is 0 Å². The molecule has 2 heterocycles. The third-order valence-corrected chi connectivity index (χ3v) is 5.95. The summed E-state index contributed by atoms with van der Waals surface area (Å²) in [7, 11) is 0. The van der Waals surface area contributed by atoms with Crippen LogP contribution in [0.25, 0.3) is 0 Å². The van der Waals surface area contributed by atoms with Gasteiger partial charge in [-0.3, -0.25) is 4.68 Å². The molecule has 4 nitrogen and oxygen atoms in total. The van der Waals surface area contributed by atoms with Crippen LogP contribution in [0.3, 0.4) is 0 Å². The highest BCUT2D eigenvalue weighted by molar-refractivity contribution is 5.01. The maximum atomic E-state index is 4.51. The molecule has 4 heteroatoms. The number of hydrogen-bond donors (Lipinski definition) is 1. The molecule has 0 radical (unpaired) electrons. The molecule has 2 fully saturated rings. The van der Waals surface area contributed by atoms with E-state index in [9.17, 15) is 0 Å². The molecule has 1 aromatic heterocycles. The van der Waals surface area contributed by atoms with E-state index < -0.39 is 0 Å². The SMILES string of the molecule is CC.CCC(C)NC1CCC(N2CCC(n3cc(C)cn3)CC2)CC1. The van der Waals surface area contributed by atoms with Crippen molar-refractivity contribution in [3.05, 3.63) is 18.0 Å². The Balaban J connectivity index is 0.00000109. The number of aromatic nitrogens is 2. The van der Waals surface area contributed by atoms with E-state index in [2.05, 4.69) is 47.0 Å². The molecule has 1 saturated heterocycles. The predicted octanol–water partition coefficient (Wildman–Crippen LogP) is 4.55. The molecular formula is C21H40N4. The summed E-state index contributed by atoms with van der Waals surface area (Å²) in [5.74, 6) is 0. The molecule has 1 N–H and O–H groups in total. The van der Waals surface area contributed by atoms with Crippen LogP contribution in [-0.4, -0.2) is 45.9 Å². The molecule has 0 bridgehead atoms. The van der Waals surface area contributed by atoms with Gasteiger partial charge in [0.25, 0.3) is 0 Å². The van der Waals surface area contributed by atoms with Crippen molar-refractivity contribution in [2.24, 2.45) is 0 Å². The summed E-state index contributed by atoms with van der Waals surface area (Å²) < 4.78 is 2.19. The van der Waals surface area contributed by atoms with E-state index in [-0.39, 0.29) is 0 Å². The van der Waals surface area contributed by atoms with Crippen molar-refractivity contribution < 1.29 is 0 Å². The minimum absolute atomic E-state index is 0.614. The van der Waals surface area contributed by atoms with E-state index in [0.29, 0.717) is 12.1 Å². The van der Waals surface area contributed by atoms with E-state index in [0.717, 1.165) is 12.1 Å². The molecule has 0 spiro atoms. The number of piperidine rings is 1. The van der Waals surface area contributed by atoms with Gasteiger partial charge in [0.1, 0.15) is 0 Å². The Bertz CT molecular complexity index is 468. The lowest BCUT2D eigenvalue weighted by atomic mass is 9.88. The lowest BCUT2D eigenvalue weighted by Crippen LogP contribution is -2.47. The largest absolute Gasteiger partial charge is 0.312 e. The minimum Gasteiger partial charge on any atom is -0.312 e. The van der Waals surface area contributed by atoms with Crippen LogP contribution in [0.5, 0.6) is 0 Å². The second kappa shape index (κ2) is 10.3. The standard InChI is InChI=1S/C19H34N4.C2H6/c1-4-16(3)21-17-5-7-18(8-6-17)22-11-9-19(10-12-22)23-14-15(2)13-20-23;1-2/h13-14,16-19,21H,4-12H2,1-3H3;1-2H3. The van der Waals surface area contributed by atoms with E-state index in [1.54, 1.807) is 0 Å². The number of rotatable bonds is 5. The van der Waals surface area contributed by atoms with Gasteiger partial charge in [0, 0.05) is 37.4 Å². The summed E-state index contributed by atoms with van der Waals surface area (Å²) in [6.07, 6.45) is 13.4. The highest BCUT2D eigenvalue weighted by Gasteiger charge is 2.29. The Morgan fingerprint density at radius 3 is 2.24 bits per heavy atom. The summed E-state index contributed by atoms with van der Waals surface area (Å²) in [6, 6.07) is 2.87. The zero-order valence-electron chi connectivity index (χ0n) is 17.2. The fourth-order valence-corrected chi connectivity index (χ4v) is 4.28. The highest BCUT2D eigenvalue weighted by atomic mass is 15.3. The first-order valence-corrected chi connectivity index (χ1v) is 10.7. The fraction of sp³-hybridized carbons (Fsp3) is 0.857. The van der Waals surface area contributed by atoms with Crippen LogP contribution >= 0.6 is 0 Å². The maximum absolute atomic E-state index is 4.51. The van der Waals surface area contributed by atoms with Crippen LogP contribution in [0.1, 0.15) is 84.2 Å². The Labute approximate surface area is 155 Å².